The third-order valence-electron chi connectivity index (χ3n) is 3.36. The second-order valence-corrected chi connectivity index (χ2v) is 4.62. The molecule has 2 rings (SSSR count). The van der Waals surface area contributed by atoms with E-state index in [1.807, 2.05) is 0 Å². The number of carboxylic acid groups (broad SMARTS) is 1. The van der Waals surface area contributed by atoms with E-state index in [9.17, 15) is 9.59 Å². The summed E-state index contributed by atoms with van der Waals surface area (Å²) in [5.74, 6) is -0.363. The van der Waals surface area contributed by atoms with Crippen LogP contribution in [0.4, 0.5) is 0 Å². The van der Waals surface area contributed by atoms with E-state index in [4.69, 9.17) is 9.84 Å². The van der Waals surface area contributed by atoms with Gasteiger partial charge in [0, 0.05) is 18.2 Å². The summed E-state index contributed by atoms with van der Waals surface area (Å²) < 4.78 is 5.09. The smallest absolute Gasteiger partial charge is 0.305 e. The lowest BCUT2D eigenvalue weighted by Gasteiger charge is -2.23. The van der Waals surface area contributed by atoms with Crippen LogP contribution >= 0.6 is 0 Å². The van der Waals surface area contributed by atoms with Crippen LogP contribution < -0.4 is 4.74 Å². The SMILES string of the molecule is COc1cccc(C(=O)N2CCCC2CC(=O)O)c1. The van der Waals surface area contributed by atoms with Crippen LogP contribution in [0.1, 0.15) is 29.6 Å². The lowest BCUT2D eigenvalue weighted by atomic mass is 10.1. The Morgan fingerprint density at radius 2 is 2.26 bits per heavy atom. The number of likely N-dealkylation sites (tertiary alicyclic amines) is 1. The Hall–Kier alpha value is -2.04. The topological polar surface area (TPSA) is 66.8 Å². The van der Waals surface area contributed by atoms with Gasteiger partial charge in [0.05, 0.1) is 13.5 Å². The van der Waals surface area contributed by atoms with Gasteiger partial charge in [-0.3, -0.25) is 9.59 Å². The van der Waals surface area contributed by atoms with E-state index in [-0.39, 0.29) is 18.4 Å². The first-order valence-corrected chi connectivity index (χ1v) is 6.28. The van der Waals surface area contributed by atoms with Crippen LogP contribution in [0.25, 0.3) is 0 Å². The van der Waals surface area contributed by atoms with Crippen LogP contribution in [0.5, 0.6) is 5.75 Å². The van der Waals surface area contributed by atoms with Crippen molar-refractivity contribution >= 4 is 11.9 Å². The zero-order valence-electron chi connectivity index (χ0n) is 10.8. The van der Waals surface area contributed by atoms with Crippen molar-refractivity contribution in [3.8, 4) is 5.75 Å². The standard InChI is InChI=1S/C14H17NO4/c1-19-12-6-2-4-10(8-12)14(18)15-7-3-5-11(15)9-13(16)17/h2,4,6,8,11H,3,5,7,9H2,1H3,(H,16,17). The molecule has 0 spiro atoms. The first-order valence-electron chi connectivity index (χ1n) is 6.28. The molecule has 102 valence electrons. The van der Waals surface area contributed by atoms with Crippen molar-refractivity contribution in [3.63, 3.8) is 0 Å². The number of benzene rings is 1. The Balaban J connectivity index is 2.15. The number of amides is 1. The summed E-state index contributed by atoms with van der Waals surface area (Å²) in [5, 5.41) is 8.87. The Morgan fingerprint density at radius 1 is 1.47 bits per heavy atom. The second kappa shape index (κ2) is 5.73. The molecule has 1 fully saturated rings. The van der Waals surface area contributed by atoms with Gasteiger partial charge in [0.25, 0.3) is 5.91 Å². The molecule has 5 heteroatoms. The van der Waals surface area contributed by atoms with Gasteiger partial charge in [-0.15, -0.1) is 0 Å². The Kier molecular flexibility index (Phi) is 4.04. The van der Waals surface area contributed by atoms with Crippen molar-refractivity contribution in [1.29, 1.82) is 0 Å². The number of ether oxygens (including phenoxy) is 1. The molecule has 1 N–H and O–H groups in total. The zero-order chi connectivity index (χ0) is 13.8. The minimum atomic E-state index is -0.865. The molecule has 0 radical (unpaired) electrons. The van der Waals surface area contributed by atoms with Crippen molar-refractivity contribution in [3.05, 3.63) is 29.8 Å². The highest BCUT2D eigenvalue weighted by Crippen LogP contribution is 2.23. The third kappa shape index (κ3) is 3.05. The quantitative estimate of drug-likeness (QED) is 0.899. The summed E-state index contributed by atoms with van der Waals surface area (Å²) in [6, 6.07) is 6.74. The van der Waals surface area contributed by atoms with Crippen LogP contribution in [0.3, 0.4) is 0 Å². The molecular weight excluding hydrogens is 246 g/mol. The highest BCUT2D eigenvalue weighted by molar-refractivity contribution is 5.95. The van der Waals surface area contributed by atoms with E-state index in [0.717, 1.165) is 12.8 Å². The largest absolute Gasteiger partial charge is 0.497 e. The van der Waals surface area contributed by atoms with Crippen LogP contribution in [0.2, 0.25) is 0 Å². The number of aliphatic carboxylic acids is 1. The lowest BCUT2D eigenvalue weighted by molar-refractivity contribution is -0.137. The van der Waals surface area contributed by atoms with E-state index < -0.39 is 5.97 Å². The van der Waals surface area contributed by atoms with Crippen molar-refractivity contribution in [2.45, 2.75) is 25.3 Å². The Bertz CT molecular complexity index is 486. The molecule has 0 bridgehead atoms. The molecule has 1 aliphatic heterocycles. The molecule has 1 saturated heterocycles. The zero-order valence-corrected chi connectivity index (χ0v) is 10.8. The molecule has 0 saturated carbocycles. The predicted octanol–water partition coefficient (Wildman–Crippen LogP) is 1.77. The fourth-order valence-electron chi connectivity index (χ4n) is 2.44. The molecule has 1 aromatic rings. The van der Waals surface area contributed by atoms with Crippen molar-refractivity contribution in [2.75, 3.05) is 13.7 Å². The van der Waals surface area contributed by atoms with E-state index in [1.54, 1.807) is 36.3 Å². The van der Waals surface area contributed by atoms with Crippen LogP contribution in [0.15, 0.2) is 24.3 Å². The number of hydrogen-bond donors (Lipinski definition) is 1. The number of nitrogens with zero attached hydrogens (tertiary/aromatic N) is 1. The van der Waals surface area contributed by atoms with Gasteiger partial charge in [0.2, 0.25) is 0 Å². The van der Waals surface area contributed by atoms with E-state index in [0.29, 0.717) is 17.9 Å². The Labute approximate surface area is 111 Å². The minimum absolute atomic E-state index is 0.00963. The monoisotopic (exact) mass is 263 g/mol. The molecule has 1 atom stereocenters. The number of carboxylic acids is 1. The van der Waals surface area contributed by atoms with Gasteiger partial charge in [0.15, 0.2) is 0 Å². The summed E-state index contributed by atoms with van der Waals surface area (Å²) in [4.78, 5) is 24.8. The number of methoxy groups -OCH3 is 1. The molecule has 19 heavy (non-hydrogen) atoms. The maximum Gasteiger partial charge on any atom is 0.305 e. The van der Waals surface area contributed by atoms with Gasteiger partial charge in [-0.2, -0.15) is 0 Å². The average molecular weight is 263 g/mol. The maximum atomic E-state index is 12.4. The number of carbonyl (C=O) groups excluding carboxylic acids is 1. The number of rotatable bonds is 4. The van der Waals surface area contributed by atoms with Crippen LogP contribution in [-0.4, -0.2) is 41.6 Å². The van der Waals surface area contributed by atoms with Gasteiger partial charge in [-0.1, -0.05) is 6.07 Å². The molecule has 1 aromatic carbocycles. The summed E-state index contributed by atoms with van der Waals surface area (Å²) in [6.07, 6.45) is 1.62. The molecule has 0 aliphatic carbocycles. The highest BCUT2D eigenvalue weighted by Gasteiger charge is 2.30. The van der Waals surface area contributed by atoms with E-state index >= 15 is 0 Å². The summed E-state index contributed by atoms with van der Waals surface area (Å²) in [7, 11) is 1.55. The van der Waals surface area contributed by atoms with Crippen molar-refractivity contribution < 1.29 is 19.4 Å². The maximum absolute atomic E-state index is 12.4. The highest BCUT2D eigenvalue weighted by atomic mass is 16.5. The molecular formula is C14H17NO4. The first kappa shape index (κ1) is 13.4. The molecule has 1 amide bonds. The van der Waals surface area contributed by atoms with Gasteiger partial charge in [0.1, 0.15) is 5.75 Å². The summed E-state index contributed by atoms with van der Waals surface area (Å²) >= 11 is 0. The molecule has 0 aromatic heterocycles. The van der Waals surface area contributed by atoms with Gasteiger partial charge in [-0.05, 0) is 31.0 Å². The van der Waals surface area contributed by atoms with E-state index in [2.05, 4.69) is 0 Å². The van der Waals surface area contributed by atoms with Gasteiger partial charge >= 0.3 is 5.97 Å². The number of hydrogen-bond acceptors (Lipinski definition) is 3. The number of carbonyl (C=O) groups is 2. The first-order chi connectivity index (χ1) is 9.11. The summed E-state index contributed by atoms with van der Waals surface area (Å²) in [6.45, 7) is 0.619. The third-order valence-corrected chi connectivity index (χ3v) is 3.36. The molecule has 1 heterocycles. The van der Waals surface area contributed by atoms with E-state index in [1.165, 1.54) is 0 Å². The molecule has 1 aliphatic rings. The Morgan fingerprint density at radius 3 is 2.95 bits per heavy atom. The minimum Gasteiger partial charge on any atom is -0.497 e. The molecule has 1 unspecified atom stereocenters. The predicted molar refractivity (Wildman–Crippen MR) is 69.3 cm³/mol. The fraction of sp³-hybridized carbons (Fsp3) is 0.429. The fourth-order valence-corrected chi connectivity index (χ4v) is 2.44. The van der Waals surface area contributed by atoms with Crippen LogP contribution in [0, 0.1) is 0 Å². The second-order valence-electron chi connectivity index (χ2n) is 4.62. The summed E-state index contributed by atoms with van der Waals surface area (Å²) in [5.41, 5.74) is 0.539. The normalized spacial score (nSPS) is 18.4. The molecule has 5 nitrogen and oxygen atoms in total. The lowest BCUT2D eigenvalue weighted by Crippen LogP contribution is -2.36. The van der Waals surface area contributed by atoms with Gasteiger partial charge < -0.3 is 14.7 Å². The van der Waals surface area contributed by atoms with Gasteiger partial charge in [-0.25, -0.2) is 0 Å². The van der Waals surface area contributed by atoms with Crippen molar-refractivity contribution in [2.24, 2.45) is 0 Å². The van der Waals surface area contributed by atoms with Crippen molar-refractivity contribution in [1.82, 2.24) is 4.90 Å². The average Bonchev–Trinajstić information content (AvgIpc) is 2.85. The van der Waals surface area contributed by atoms with Crippen LogP contribution in [-0.2, 0) is 4.79 Å².